The largest absolute Gasteiger partial charge is 0.480 e. The summed E-state index contributed by atoms with van der Waals surface area (Å²) < 4.78 is 0. The van der Waals surface area contributed by atoms with Gasteiger partial charge in [0.05, 0.1) is 0 Å². The van der Waals surface area contributed by atoms with Crippen LogP contribution < -0.4 is 0 Å². The SMILES string of the molecule is O=C(O)[C@H]1CCCN1C(=O)c1ccc(C(=O)N2CCC[C@@H]2C(=O)O)cc1. The third-order valence-corrected chi connectivity index (χ3v) is 4.98. The zero-order valence-electron chi connectivity index (χ0n) is 14.1. The summed E-state index contributed by atoms with van der Waals surface area (Å²) in [6.07, 6.45) is 2.15. The fraction of sp³-hybridized carbons (Fsp3) is 0.444. The molecule has 2 amide bonds. The standard InChI is InChI=1S/C18H20N2O6/c21-15(19-9-1-3-13(19)17(23)24)11-5-7-12(8-6-11)16(22)20-10-2-4-14(20)18(25)26/h5-8,13-14H,1-4,9-10H2,(H,23,24)(H,25,26)/t13-,14-/m1/s1. The molecule has 0 radical (unpaired) electrons. The molecule has 0 bridgehead atoms. The van der Waals surface area contributed by atoms with Crippen molar-refractivity contribution in [3.63, 3.8) is 0 Å². The lowest BCUT2D eigenvalue weighted by molar-refractivity contribution is -0.142. The fourth-order valence-corrected chi connectivity index (χ4v) is 3.62. The first kappa shape index (κ1) is 17.9. The average molecular weight is 360 g/mol. The average Bonchev–Trinajstić information content (AvgIpc) is 3.29. The molecule has 0 spiro atoms. The van der Waals surface area contributed by atoms with Crippen molar-refractivity contribution in [2.24, 2.45) is 0 Å². The Morgan fingerprint density at radius 2 is 1.08 bits per heavy atom. The van der Waals surface area contributed by atoms with E-state index in [4.69, 9.17) is 0 Å². The second kappa shape index (κ2) is 7.15. The number of nitrogens with zero attached hydrogens (tertiary/aromatic N) is 2. The van der Waals surface area contributed by atoms with E-state index in [1.54, 1.807) is 0 Å². The molecule has 3 rings (SSSR count). The summed E-state index contributed by atoms with van der Waals surface area (Å²) in [5.74, 6) is -2.79. The molecule has 8 heteroatoms. The number of aliphatic carboxylic acids is 2. The third kappa shape index (κ3) is 3.26. The Balaban J connectivity index is 1.74. The fourth-order valence-electron chi connectivity index (χ4n) is 3.62. The lowest BCUT2D eigenvalue weighted by atomic mass is 10.1. The molecule has 2 heterocycles. The maximum atomic E-state index is 12.5. The van der Waals surface area contributed by atoms with Crippen LogP contribution in [0, 0.1) is 0 Å². The van der Waals surface area contributed by atoms with Crippen LogP contribution in [0.3, 0.4) is 0 Å². The third-order valence-electron chi connectivity index (χ3n) is 4.98. The Bertz CT molecular complexity index is 682. The van der Waals surface area contributed by atoms with Crippen LogP contribution in [-0.2, 0) is 9.59 Å². The highest BCUT2D eigenvalue weighted by Gasteiger charge is 2.36. The Kier molecular flexibility index (Phi) is 4.92. The summed E-state index contributed by atoms with van der Waals surface area (Å²) in [5, 5.41) is 18.4. The van der Waals surface area contributed by atoms with E-state index < -0.39 is 24.0 Å². The number of hydrogen-bond donors (Lipinski definition) is 2. The van der Waals surface area contributed by atoms with Gasteiger partial charge in [-0.2, -0.15) is 0 Å². The molecule has 138 valence electrons. The number of benzene rings is 1. The maximum absolute atomic E-state index is 12.5. The van der Waals surface area contributed by atoms with Gasteiger partial charge in [-0.05, 0) is 49.9 Å². The molecule has 0 saturated carbocycles. The van der Waals surface area contributed by atoms with Crippen molar-refractivity contribution < 1.29 is 29.4 Å². The molecular formula is C18H20N2O6. The zero-order chi connectivity index (χ0) is 18.8. The monoisotopic (exact) mass is 360 g/mol. The quantitative estimate of drug-likeness (QED) is 0.830. The van der Waals surface area contributed by atoms with Gasteiger partial charge in [-0.15, -0.1) is 0 Å². The van der Waals surface area contributed by atoms with Crippen molar-refractivity contribution in [1.29, 1.82) is 0 Å². The number of carboxylic acids is 2. The van der Waals surface area contributed by atoms with E-state index in [0.717, 1.165) is 0 Å². The van der Waals surface area contributed by atoms with Crippen molar-refractivity contribution in [3.8, 4) is 0 Å². The predicted octanol–water partition coefficient (Wildman–Crippen LogP) is 1.06. The highest BCUT2D eigenvalue weighted by Crippen LogP contribution is 2.23. The molecule has 2 fully saturated rings. The van der Waals surface area contributed by atoms with Crippen LogP contribution in [0.2, 0.25) is 0 Å². The van der Waals surface area contributed by atoms with E-state index in [9.17, 15) is 29.4 Å². The second-order valence-electron chi connectivity index (χ2n) is 6.57. The van der Waals surface area contributed by atoms with Gasteiger partial charge < -0.3 is 20.0 Å². The van der Waals surface area contributed by atoms with Crippen LogP contribution in [0.15, 0.2) is 24.3 Å². The van der Waals surface area contributed by atoms with Gasteiger partial charge in [-0.25, -0.2) is 9.59 Å². The lowest BCUT2D eigenvalue weighted by Gasteiger charge is -2.22. The molecule has 0 aromatic heterocycles. The minimum absolute atomic E-state index is 0.311. The van der Waals surface area contributed by atoms with Crippen molar-refractivity contribution >= 4 is 23.8 Å². The number of rotatable bonds is 4. The molecule has 0 aliphatic carbocycles. The Labute approximate surface area is 150 Å². The number of hydrogen-bond acceptors (Lipinski definition) is 4. The van der Waals surface area contributed by atoms with Crippen molar-refractivity contribution in [3.05, 3.63) is 35.4 Å². The van der Waals surface area contributed by atoms with E-state index in [-0.39, 0.29) is 11.8 Å². The van der Waals surface area contributed by atoms with Gasteiger partial charge in [0.15, 0.2) is 0 Å². The molecule has 8 nitrogen and oxygen atoms in total. The van der Waals surface area contributed by atoms with Crippen molar-refractivity contribution in [2.75, 3.05) is 13.1 Å². The van der Waals surface area contributed by atoms with Gasteiger partial charge >= 0.3 is 11.9 Å². The van der Waals surface area contributed by atoms with Gasteiger partial charge in [0.2, 0.25) is 0 Å². The molecule has 1 aromatic carbocycles. The number of carboxylic acid groups (broad SMARTS) is 2. The van der Waals surface area contributed by atoms with Crippen molar-refractivity contribution in [2.45, 2.75) is 37.8 Å². The highest BCUT2D eigenvalue weighted by atomic mass is 16.4. The van der Waals surface area contributed by atoms with Crippen molar-refractivity contribution in [1.82, 2.24) is 9.80 Å². The minimum Gasteiger partial charge on any atom is -0.480 e. The molecule has 26 heavy (non-hydrogen) atoms. The molecule has 0 unspecified atom stereocenters. The molecule has 2 N–H and O–H groups in total. The molecule has 2 aliphatic rings. The van der Waals surface area contributed by atoms with Crippen LogP contribution in [-0.4, -0.2) is 68.9 Å². The van der Waals surface area contributed by atoms with Gasteiger partial charge in [0.1, 0.15) is 12.1 Å². The second-order valence-corrected chi connectivity index (χ2v) is 6.57. The van der Waals surface area contributed by atoms with E-state index in [2.05, 4.69) is 0 Å². The smallest absolute Gasteiger partial charge is 0.326 e. The van der Waals surface area contributed by atoms with Crippen LogP contribution in [0.4, 0.5) is 0 Å². The van der Waals surface area contributed by atoms with Crippen LogP contribution in [0.5, 0.6) is 0 Å². The Morgan fingerprint density at radius 3 is 1.38 bits per heavy atom. The molecule has 2 saturated heterocycles. The lowest BCUT2D eigenvalue weighted by Crippen LogP contribution is -2.41. The summed E-state index contributed by atoms with van der Waals surface area (Å²) in [5.41, 5.74) is 0.622. The Morgan fingerprint density at radius 1 is 0.731 bits per heavy atom. The first-order chi connectivity index (χ1) is 12.4. The summed E-state index contributed by atoms with van der Waals surface area (Å²) >= 11 is 0. The first-order valence-electron chi connectivity index (χ1n) is 8.57. The highest BCUT2D eigenvalue weighted by molar-refractivity contribution is 6.00. The van der Waals surface area contributed by atoms with Gasteiger partial charge in [-0.1, -0.05) is 0 Å². The molecule has 2 aliphatic heterocycles. The van der Waals surface area contributed by atoms with Gasteiger partial charge in [0.25, 0.3) is 11.8 Å². The topological polar surface area (TPSA) is 115 Å². The van der Waals surface area contributed by atoms with Gasteiger partial charge in [0, 0.05) is 24.2 Å². The summed E-state index contributed by atoms with van der Waals surface area (Å²) in [6.45, 7) is 0.787. The molecular weight excluding hydrogens is 340 g/mol. The summed E-state index contributed by atoms with van der Waals surface area (Å²) in [7, 11) is 0. The predicted molar refractivity (Wildman–Crippen MR) is 89.8 cm³/mol. The molecule has 2 atom stereocenters. The van der Waals surface area contributed by atoms with Crippen LogP contribution >= 0.6 is 0 Å². The first-order valence-corrected chi connectivity index (χ1v) is 8.57. The normalized spacial score (nSPS) is 22.5. The van der Waals surface area contributed by atoms with E-state index >= 15 is 0 Å². The number of amides is 2. The Hall–Kier alpha value is -2.90. The number of likely N-dealkylation sites (tertiary alicyclic amines) is 2. The van der Waals surface area contributed by atoms with Crippen LogP contribution in [0.1, 0.15) is 46.4 Å². The van der Waals surface area contributed by atoms with Gasteiger partial charge in [-0.3, -0.25) is 9.59 Å². The van der Waals surface area contributed by atoms with E-state index in [1.165, 1.54) is 34.1 Å². The number of carbonyl (C=O) groups is 4. The summed E-state index contributed by atoms with van der Waals surface area (Å²) in [6, 6.07) is 4.31. The van der Waals surface area contributed by atoms with E-state index in [1.807, 2.05) is 0 Å². The maximum Gasteiger partial charge on any atom is 0.326 e. The van der Waals surface area contributed by atoms with E-state index in [0.29, 0.717) is 49.9 Å². The minimum atomic E-state index is -1.02. The zero-order valence-corrected chi connectivity index (χ0v) is 14.1. The van der Waals surface area contributed by atoms with Crippen LogP contribution in [0.25, 0.3) is 0 Å². The molecule has 1 aromatic rings. The number of carbonyl (C=O) groups excluding carboxylic acids is 2. The summed E-state index contributed by atoms with van der Waals surface area (Å²) in [4.78, 5) is 50.2.